The molecule has 2 aromatic heterocycles. The Morgan fingerprint density at radius 2 is 1.88 bits per heavy atom. The molecule has 0 aliphatic rings. The number of hydrogen-bond acceptors (Lipinski definition) is 5. The fourth-order valence-electron chi connectivity index (χ4n) is 1.61. The predicted octanol–water partition coefficient (Wildman–Crippen LogP) is 1.08. The average molecular weight is 227 g/mol. The molecule has 0 amide bonds. The highest BCUT2D eigenvalue weighted by Gasteiger charge is 2.08. The van der Waals surface area contributed by atoms with Crippen molar-refractivity contribution in [1.29, 1.82) is 0 Å². The largest absolute Gasteiger partial charge is 0.508 e. The SMILES string of the molecule is Nc1cnc2nnc(-c3ccc(O)cc3)n2c1. The number of phenolic OH excluding ortho intramolecular Hbond substituents is 1. The summed E-state index contributed by atoms with van der Waals surface area (Å²) in [7, 11) is 0. The lowest BCUT2D eigenvalue weighted by molar-refractivity contribution is 0.475. The van der Waals surface area contributed by atoms with E-state index in [-0.39, 0.29) is 5.75 Å². The Bertz CT molecular complexity index is 674. The number of nitrogens with zero attached hydrogens (tertiary/aromatic N) is 4. The summed E-state index contributed by atoms with van der Waals surface area (Å²) < 4.78 is 1.71. The Hall–Kier alpha value is -2.63. The quantitative estimate of drug-likeness (QED) is 0.649. The minimum absolute atomic E-state index is 0.209. The second-order valence-electron chi connectivity index (χ2n) is 3.63. The summed E-state index contributed by atoms with van der Waals surface area (Å²) in [4.78, 5) is 4.06. The molecule has 0 saturated heterocycles. The number of benzene rings is 1. The van der Waals surface area contributed by atoms with Crippen LogP contribution < -0.4 is 5.73 Å². The van der Waals surface area contributed by atoms with Crippen LogP contribution in [0.5, 0.6) is 5.75 Å². The summed E-state index contributed by atoms with van der Waals surface area (Å²) >= 11 is 0. The minimum atomic E-state index is 0.209. The Kier molecular flexibility index (Phi) is 1.94. The van der Waals surface area contributed by atoms with Crippen molar-refractivity contribution < 1.29 is 5.11 Å². The molecule has 1 aromatic carbocycles. The molecule has 3 N–H and O–H groups in total. The number of rotatable bonds is 1. The molecule has 0 radical (unpaired) electrons. The van der Waals surface area contributed by atoms with Gasteiger partial charge >= 0.3 is 0 Å². The van der Waals surface area contributed by atoms with E-state index >= 15 is 0 Å². The summed E-state index contributed by atoms with van der Waals surface area (Å²) in [5, 5.41) is 17.2. The topological polar surface area (TPSA) is 89.3 Å². The van der Waals surface area contributed by atoms with Gasteiger partial charge in [0.15, 0.2) is 5.82 Å². The van der Waals surface area contributed by atoms with Crippen LogP contribution in [0.2, 0.25) is 0 Å². The van der Waals surface area contributed by atoms with Gasteiger partial charge in [-0.15, -0.1) is 10.2 Å². The first-order valence-corrected chi connectivity index (χ1v) is 5.00. The normalized spacial score (nSPS) is 10.8. The maximum atomic E-state index is 9.24. The first-order chi connectivity index (χ1) is 8.24. The molecule has 0 unspecified atom stereocenters. The van der Waals surface area contributed by atoms with Crippen LogP contribution in [0.25, 0.3) is 17.2 Å². The molecule has 0 saturated carbocycles. The third-order valence-corrected chi connectivity index (χ3v) is 2.41. The van der Waals surface area contributed by atoms with Gasteiger partial charge < -0.3 is 10.8 Å². The van der Waals surface area contributed by atoms with Crippen molar-refractivity contribution in [2.45, 2.75) is 0 Å². The highest BCUT2D eigenvalue weighted by molar-refractivity contribution is 5.59. The maximum absolute atomic E-state index is 9.24. The maximum Gasteiger partial charge on any atom is 0.255 e. The summed E-state index contributed by atoms with van der Waals surface area (Å²) in [5.74, 6) is 1.34. The van der Waals surface area contributed by atoms with E-state index in [4.69, 9.17) is 5.73 Å². The Morgan fingerprint density at radius 1 is 1.12 bits per heavy atom. The molecule has 0 atom stereocenters. The molecule has 0 bridgehead atoms. The van der Waals surface area contributed by atoms with Crippen molar-refractivity contribution in [1.82, 2.24) is 19.6 Å². The van der Waals surface area contributed by atoms with E-state index in [1.54, 1.807) is 34.9 Å². The van der Waals surface area contributed by atoms with Gasteiger partial charge in [-0.3, -0.25) is 4.40 Å². The lowest BCUT2D eigenvalue weighted by Crippen LogP contribution is -1.95. The predicted molar refractivity (Wildman–Crippen MR) is 62.3 cm³/mol. The Balaban J connectivity index is 2.23. The van der Waals surface area contributed by atoms with E-state index in [1.807, 2.05) is 0 Å². The summed E-state index contributed by atoms with van der Waals surface area (Å²) in [6, 6.07) is 6.70. The number of aromatic nitrogens is 4. The highest BCUT2D eigenvalue weighted by atomic mass is 16.3. The van der Waals surface area contributed by atoms with E-state index in [0.29, 0.717) is 17.3 Å². The number of aromatic hydroxyl groups is 1. The number of anilines is 1. The molecule has 3 aromatic rings. The third kappa shape index (κ3) is 1.55. The van der Waals surface area contributed by atoms with Gasteiger partial charge in [0.05, 0.1) is 11.9 Å². The van der Waals surface area contributed by atoms with Crippen LogP contribution in [0.1, 0.15) is 0 Å². The minimum Gasteiger partial charge on any atom is -0.508 e. The standard InChI is InChI=1S/C11H9N5O/c12-8-5-13-11-15-14-10(16(11)6-8)7-1-3-9(17)4-2-7/h1-6,17H,12H2. The zero-order valence-corrected chi connectivity index (χ0v) is 8.78. The van der Waals surface area contributed by atoms with Crippen LogP contribution in [0, 0.1) is 0 Å². The average Bonchev–Trinajstić information content (AvgIpc) is 2.73. The van der Waals surface area contributed by atoms with Gasteiger partial charge in [0.25, 0.3) is 5.78 Å². The monoisotopic (exact) mass is 227 g/mol. The fraction of sp³-hybridized carbons (Fsp3) is 0. The van der Waals surface area contributed by atoms with Crippen LogP contribution in [-0.4, -0.2) is 24.7 Å². The van der Waals surface area contributed by atoms with Crippen LogP contribution >= 0.6 is 0 Å². The number of hydrogen-bond donors (Lipinski definition) is 2. The van der Waals surface area contributed by atoms with Gasteiger partial charge in [-0.05, 0) is 24.3 Å². The second kappa shape index (κ2) is 3.44. The molecule has 6 heteroatoms. The van der Waals surface area contributed by atoms with Gasteiger partial charge in [-0.25, -0.2) is 4.98 Å². The van der Waals surface area contributed by atoms with Crippen LogP contribution in [0.15, 0.2) is 36.7 Å². The molecule has 0 fully saturated rings. The van der Waals surface area contributed by atoms with Gasteiger partial charge in [-0.2, -0.15) is 0 Å². The van der Waals surface area contributed by atoms with Crippen LogP contribution in [0.3, 0.4) is 0 Å². The summed E-state index contributed by atoms with van der Waals surface area (Å²) in [6.45, 7) is 0. The van der Waals surface area contributed by atoms with E-state index in [9.17, 15) is 5.11 Å². The molecule has 0 aliphatic carbocycles. The fourth-order valence-corrected chi connectivity index (χ4v) is 1.61. The second-order valence-corrected chi connectivity index (χ2v) is 3.63. The Morgan fingerprint density at radius 3 is 2.65 bits per heavy atom. The molecule has 6 nitrogen and oxygen atoms in total. The number of nitrogen functional groups attached to an aromatic ring is 1. The van der Waals surface area contributed by atoms with Crippen molar-refractivity contribution in [2.24, 2.45) is 0 Å². The van der Waals surface area contributed by atoms with E-state index in [0.717, 1.165) is 5.56 Å². The number of phenols is 1. The lowest BCUT2D eigenvalue weighted by atomic mass is 10.2. The first-order valence-electron chi connectivity index (χ1n) is 5.00. The van der Waals surface area contributed by atoms with Crippen molar-refractivity contribution in [3.63, 3.8) is 0 Å². The van der Waals surface area contributed by atoms with Gasteiger partial charge in [0.2, 0.25) is 0 Å². The van der Waals surface area contributed by atoms with E-state index in [2.05, 4.69) is 15.2 Å². The Labute approximate surface area is 96.4 Å². The molecular formula is C11H9N5O. The first kappa shape index (κ1) is 9.59. The van der Waals surface area contributed by atoms with E-state index < -0.39 is 0 Å². The lowest BCUT2D eigenvalue weighted by Gasteiger charge is -2.00. The molecule has 3 rings (SSSR count). The molecule has 0 spiro atoms. The van der Waals surface area contributed by atoms with Crippen LogP contribution in [-0.2, 0) is 0 Å². The van der Waals surface area contributed by atoms with Crippen molar-refractivity contribution in [3.05, 3.63) is 36.7 Å². The molecular weight excluding hydrogens is 218 g/mol. The van der Waals surface area contributed by atoms with Gasteiger partial charge in [-0.1, -0.05) is 0 Å². The van der Waals surface area contributed by atoms with Crippen molar-refractivity contribution >= 4 is 11.5 Å². The highest BCUT2D eigenvalue weighted by Crippen LogP contribution is 2.20. The smallest absolute Gasteiger partial charge is 0.255 e. The zero-order chi connectivity index (χ0) is 11.8. The molecule has 0 aliphatic heterocycles. The zero-order valence-electron chi connectivity index (χ0n) is 8.78. The van der Waals surface area contributed by atoms with Gasteiger partial charge in [0, 0.05) is 11.8 Å². The van der Waals surface area contributed by atoms with E-state index in [1.165, 1.54) is 6.20 Å². The van der Waals surface area contributed by atoms with Crippen molar-refractivity contribution in [3.8, 4) is 17.1 Å². The summed E-state index contributed by atoms with van der Waals surface area (Å²) in [6.07, 6.45) is 3.25. The molecule has 17 heavy (non-hydrogen) atoms. The number of nitrogens with two attached hydrogens (primary N) is 1. The van der Waals surface area contributed by atoms with Gasteiger partial charge in [0.1, 0.15) is 5.75 Å². The number of fused-ring (bicyclic) bond motifs is 1. The molecule has 2 heterocycles. The van der Waals surface area contributed by atoms with Crippen molar-refractivity contribution in [2.75, 3.05) is 5.73 Å². The summed E-state index contributed by atoms with van der Waals surface area (Å²) in [5.41, 5.74) is 7.05. The van der Waals surface area contributed by atoms with Crippen LogP contribution in [0.4, 0.5) is 5.69 Å². The third-order valence-electron chi connectivity index (χ3n) is 2.41. The molecule has 84 valence electrons.